The number of aryl methyl sites for hydroxylation is 1. The number of H-pyrrole nitrogens is 1. The number of piperidine rings is 1. The van der Waals surface area contributed by atoms with Gasteiger partial charge in [-0.1, -0.05) is 13.8 Å². The van der Waals surface area contributed by atoms with Crippen molar-refractivity contribution in [1.29, 1.82) is 0 Å². The zero-order chi connectivity index (χ0) is 15.4. The van der Waals surface area contributed by atoms with Crippen LogP contribution in [0.3, 0.4) is 0 Å². The maximum atomic E-state index is 12.4. The minimum Gasteiger partial charge on any atom is -0.395 e. The zero-order valence-electron chi connectivity index (χ0n) is 13.4. The van der Waals surface area contributed by atoms with Gasteiger partial charge in [0.2, 0.25) is 0 Å². The highest BCUT2D eigenvalue weighted by molar-refractivity contribution is 5.97. The van der Waals surface area contributed by atoms with Crippen LogP contribution in [-0.2, 0) is 0 Å². The minimum atomic E-state index is -0.0434. The fourth-order valence-corrected chi connectivity index (χ4v) is 2.92. The lowest BCUT2D eigenvalue weighted by atomic mass is 9.96. The van der Waals surface area contributed by atoms with E-state index < -0.39 is 0 Å². The number of carbonyl (C=O) groups excluding carboxylic acids is 1. The molecule has 2 rings (SSSR count). The fraction of sp³-hybridized carbons (Fsp3) is 0.733. The van der Waals surface area contributed by atoms with Crippen molar-refractivity contribution in [2.75, 3.05) is 38.5 Å². The summed E-state index contributed by atoms with van der Waals surface area (Å²) in [6, 6.07) is 0. The molecule has 0 atom stereocenters. The van der Waals surface area contributed by atoms with Crippen molar-refractivity contribution in [2.45, 2.75) is 33.6 Å². The number of anilines is 1. The van der Waals surface area contributed by atoms with E-state index in [1.165, 1.54) is 0 Å². The third kappa shape index (κ3) is 3.56. The molecule has 1 amide bonds. The molecule has 0 aliphatic carbocycles. The Balaban J connectivity index is 1.89. The molecule has 1 aliphatic heterocycles. The van der Waals surface area contributed by atoms with Crippen molar-refractivity contribution in [3.8, 4) is 0 Å². The van der Waals surface area contributed by atoms with E-state index in [1.807, 2.05) is 11.8 Å². The number of nitrogen functional groups attached to an aromatic ring is 1. The largest absolute Gasteiger partial charge is 0.395 e. The number of amides is 1. The van der Waals surface area contributed by atoms with Gasteiger partial charge >= 0.3 is 0 Å². The normalized spacial score (nSPS) is 16.7. The van der Waals surface area contributed by atoms with E-state index in [9.17, 15) is 4.79 Å². The van der Waals surface area contributed by atoms with Gasteiger partial charge < -0.3 is 15.5 Å². The van der Waals surface area contributed by atoms with Gasteiger partial charge in [-0.25, -0.2) is 0 Å². The lowest BCUT2D eigenvalue weighted by Gasteiger charge is -2.34. The van der Waals surface area contributed by atoms with Crippen molar-refractivity contribution >= 4 is 11.6 Å². The van der Waals surface area contributed by atoms with Crippen molar-refractivity contribution in [2.24, 2.45) is 5.92 Å². The van der Waals surface area contributed by atoms with Crippen LogP contribution < -0.4 is 5.73 Å². The predicted octanol–water partition coefficient (Wildman–Crippen LogP) is 1.49. The number of carbonyl (C=O) groups is 1. The molecule has 21 heavy (non-hydrogen) atoms. The number of hydrogen-bond donors (Lipinski definition) is 2. The smallest absolute Gasteiger partial charge is 0.276 e. The molecule has 0 radical (unpaired) electrons. The Bertz CT molecular complexity index is 472. The van der Waals surface area contributed by atoms with Gasteiger partial charge in [0.15, 0.2) is 5.69 Å². The van der Waals surface area contributed by atoms with Crippen molar-refractivity contribution in [3.05, 3.63) is 11.4 Å². The lowest BCUT2D eigenvalue weighted by Crippen LogP contribution is -2.42. The van der Waals surface area contributed by atoms with Crippen LogP contribution >= 0.6 is 0 Å². The highest BCUT2D eigenvalue weighted by Gasteiger charge is 2.27. The van der Waals surface area contributed by atoms with Crippen LogP contribution in [0.2, 0.25) is 0 Å². The quantitative estimate of drug-likeness (QED) is 0.862. The summed E-state index contributed by atoms with van der Waals surface area (Å²) in [5, 5.41) is 6.81. The highest BCUT2D eigenvalue weighted by Crippen LogP contribution is 2.22. The molecule has 1 fully saturated rings. The number of nitrogens with two attached hydrogens (primary N) is 1. The monoisotopic (exact) mass is 293 g/mol. The van der Waals surface area contributed by atoms with Gasteiger partial charge in [0.25, 0.3) is 5.91 Å². The summed E-state index contributed by atoms with van der Waals surface area (Å²) < 4.78 is 0. The molecule has 0 bridgehead atoms. The molecule has 3 N–H and O–H groups in total. The summed E-state index contributed by atoms with van der Waals surface area (Å²) in [6.45, 7) is 11.2. The number of rotatable bonds is 5. The van der Waals surface area contributed by atoms with Gasteiger partial charge in [0.1, 0.15) is 0 Å². The van der Waals surface area contributed by atoms with Crippen molar-refractivity contribution in [3.63, 3.8) is 0 Å². The second-order valence-corrected chi connectivity index (χ2v) is 5.83. The van der Waals surface area contributed by atoms with Crippen LogP contribution in [0.15, 0.2) is 0 Å². The van der Waals surface area contributed by atoms with Crippen LogP contribution in [0, 0.1) is 12.8 Å². The van der Waals surface area contributed by atoms with Crippen LogP contribution in [-0.4, -0.2) is 58.6 Å². The van der Waals surface area contributed by atoms with Gasteiger partial charge in [-0.3, -0.25) is 9.89 Å². The third-order valence-electron chi connectivity index (χ3n) is 4.51. The Morgan fingerprint density at radius 1 is 1.38 bits per heavy atom. The van der Waals surface area contributed by atoms with E-state index in [0.717, 1.165) is 51.3 Å². The molecule has 2 heterocycles. The van der Waals surface area contributed by atoms with Crippen LogP contribution in [0.5, 0.6) is 0 Å². The zero-order valence-corrected chi connectivity index (χ0v) is 13.4. The first-order valence-electron chi connectivity index (χ1n) is 7.88. The highest BCUT2D eigenvalue weighted by atomic mass is 16.2. The first kappa shape index (κ1) is 15.8. The SMILES string of the molecule is CCN(CC)CC1CCN(C(=O)c2n[nH]c(C)c2N)CC1. The Kier molecular flexibility index (Phi) is 5.22. The van der Waals surface area contributed by atoms with E-state index in [2.05, 4.69) is 28.9 Å². The summed E-state index contributed by atoms with van der Waals surface area (Å²) in [4.78, 5) is 16.8. The Morgan fingerprint density at radius 2 is 2.00 bits per heavy atom. The minimum absolute atomic E-state index is 0.0434. The fourth-order valence-electron chi connectivity index (χ4n) is 2.92. The van der Waals surface area contributed by atoms with Gasteiger partial charge in [-0.05, 0) is 38.8 Å². The molecule has 0 saturated carbocycles. The second kappa shape index (κ2) is 6.93. The summed E-state index contributed by atoms with van der Waals surface area (Å²) in [7, 11) is 0. The molecular formula is C15H27N5O. The molecule has 0 unspecified atom stereocenters. The second-order valence-electron chi connectivity index (χ2n) is 5.83. The average Bonchev–Trinajstić information content (AvgIpc) is 2.84. The van der Waals surface area contributed by atoms with E-state index in [0.29, 0.717) is 17.3 Å². The Labute approximate surface area is 126 Å². The molecule has 6 heteroatoms. The predicted molar refractivity (Wildman–Crippen MR) is 84.2 cm³/mol. The van der Waals surface area contributed by atoms with Gasteiger partial charge in [-0.2, -0.15) is 5.10 Å². The number of nitrogens with one attached hydrogen (secondary N) is 1. The van der Waals surface area contributed by atoms with Gasteiger partial charge in [0.05, 0.1) is 11.4 Å². The Hall–Kier alpha value is -1.56. The molecule has 6 nitrogen and oxygen atoms in total. The molecule has 0 aromatic carbocycles. The summed E-state index contributed by atoms with van der Waals surface area (Å²) in [6.07, 6.45) is 2.12. The topological polar surface area (TPSA) is 78.2 Å². The number of hydrogen-bond acceptors (Lipinski definition) is 4. The average molecular weight is 293 g/mol. The molecule has 1 aliphatic rings. The van der Waals surface area contributed by atoms with Gasteiger partial charge in [0, 0.05) is 19.6 Å². The van der Waals surface area contributed by atoms with E-state index in [1.54, 1.807) is 0 Å². The molecule has 0 spiro atoms. The van der Waals surface area contributed by atoms with E-state index >= 15 is 0 Å². The van der Waals surface area contributed by atoms with E-state index in [-0.39, 0.29) is 5.91 Å². The van der Waals surface area contributed by atoms with Crippen molar-refractivity contribution < 1.29 is 4.79 Å². The maximum absolute atomic E-state index is 12.4. The molecule has 1 aromatic heterocycles. The van der Waals surface area contributed by atoms with Gasteiger partial charge in [-0.15, -0.1) is 0 Å². The van der Waals surface area contributed by atoms with Crippen LogP contribution in [0.1, 0.15) is 42.9 Å². The maximum Gasteiger partial charge on any atom is 0.276 e. The lowest BCUT2D eigenvalue weighted by molar-refractivity contribution is 0.0665. The van der Waals surface area contributed by atoms with Crippen molar-refractivity contribution in [1.82, 2.24) is 20.0 Å². The summed E-state index contributed by atoms with van der Waals surface area (Å²) >= 11 is 0. The standard InChI is InChI=1S/C15H27N5O/c1-4-19(5-2)10-12-6-8-20(9-7-12)15(21)14-13(16)11(3)17-18-14/h12H,4-10,16H2,1-3H3,(H,17,18). The molecule has 1 aromatic rings. The van der Waals surface area contributed by atoms with E-state index in [4.69, 9.17) is 5.73 Å². The molecular weight excluding hydrogens is 266 g/mol. The Morgan fingerprint density at radius 3 is 2.48 bits per heavy atom. The first-order chi connectivity index (χ1) is 10.1. The molecule has 1 saturated heterocycles. The third-order valence-corrected chi connectivity index (χ3v) is 4.51. The van der Waals surface area contributed by atoms with Crippen LogP contribution in [0.25, 0.3) is 0 Å². The number of nitrogens with zero attached hydrogens (tertiary/aromatic N) is 3. The molecule has 118 valence electrons. The first-order valence-corrected chi connectivity index (χ1v) is 7.88. The number of aromatic amines is 1. The van der Waals surface area contributed by atoms with Crippen LogP contribution in [0.4, 0.5) is 5.69 Å². The summed E-state index contributed by atoms with van der Waals surface area (Å²) in [5.41, 5.74) is 7.50. The number of aromatic nitrogens is 2. The summed E-state index contributed by atoms with van der Waals surface area (Å²) in [5.74, 6) is 0.644. The number of likely N-dealkylation sites (tertiary alicyclic amines) is 1.